The van der Waals surface area contributed by atoms with E-state index in [2.05, 4.69) is 4.72 Å². The molecule has 0 unspecified atom stereocenters. The van der Waals surface area contributed by atoms with E-state index in [-0.39, 0.29) is 23.5 Å². The molecule has 1 fully saturated rings. The summed E-state index contributed by atoms with van der Waals surface area (Å²) in [5.74, 6) is -0.0916. The molecule has 1 saturated heterocycles. The molecule has 2 rings (SSSR count). The standard InChI is InChI=1S/C17H26N2O4S2/c1-13(12-23-2)18-25(21,22)14-7-8-16(24-3)15(11-14)17(20)19-9-5-4-6-10-19/h7-8,11,13,18H,4-6,9-10,12H2,1-3H3/t13-/m0/s1. The van der Waals surface area contributed by atoms with E-state index in [0.29, 0.717) is 5.56 Å². The summed E-state index contributed by atoms with van der Waals surface area (Å²) in [4.78, 5) is 15.6. The maximum Gasteiger partial charge on any atom is 0.255 e. The maximum absolute atomic E-state index is 12.9. The largest absolute Gasteiger partial charge is 0.383 e. The molecule has 0 radical (unpaired) electrons. The van der Waals surface area contributed by atoms with Crippen molar-refractivity contribution in [2.75, 3.05) is 33.1 Å². The van der Waals surface area contributed by atoms with Gasteiger partial charge in [0, 0.05) is 31.1 Å². The number of methoxy groups -OCH3 is 1. The number of ether oxygens (including phenoxy) is 1. The third kappa shape index (κ3) is 5.20. The molecule has 0 bridgehead atoms. The summed E-state index contributed by atoms with van der Waals surface area (Å²) in [6, 6.07) is 4.39. The molecule has 1 heterocycles. The summed E-state index contributed by atoms with van der Waals surface area (Å²) >= 11 is 1.45. The van der Waals surface area contributed by atoms with Crippen LogP contribution in [0.4, 0.5) is 0 Å². The zero-order valence-electron chi connectivity index (χ0n) is 14.9. The molecule has 1 aliphatic rings. The van der Waals surface area contributed by atoms with Gasteiger partial charge in [-0.25, -0.2) is 13.1 Å². The lowest BCUT2D eigenvalue weighted by molar-refractivity contribution is 0.0720. The van der Waals surface area contributed by atoms with Crippen molar-refractivity contribution in [3.05, 3.63) is 23.8 Å². The molecule has 1 N–H and O–H groups in total. The Bertz CT molecular complexity index is 701. The van der Waals surface area contributed by atoms with Gasteiger partial charge in [-0.15, -0.1) is 11.8 Å². The monoisotopic (exact) mass is 386 g/mol. The SMILES string of the molecule is COC[C@H](C)NS(=O)(=O)c1ccc(SC)c(C(=O)N2CCCCC2)c1. The van der Waals surface area contributed by atoms with Crippen LogP contribution in [-0.2, 0) is 14.8 Å². The Morgan fingerprint density at radius 2 is 2.00 bits per heavy atom. The lowest BCUT2D eigenvalue weighted by Gasteiger charge is -2.27. The molecule has 25 heavy (non-hydrogen) atoms. The first-order valence-electron chi connectivity index (χ1n) is 8.37. The minimum absolute atomic E-state index is 0.0916. The number of thioether (sulfide) groups is 1. The summed E-state index contributed by atoms with van der Waals surface area (Å²) < 4.78 is 32.7. The quantitative estimate of drug-likeness (QED) is 0.728. The second-order valence-corrected chi connectivity index (χ2v) is 8.75. The summed E-state index contributed by atoms with van der Waals surface area (Å²) in [6.07, 6.45) is 5.01. The molecule has 140 valence electrons. The van der Waals surface area contributed by atoms with Gasteiger partial charge in [0.05, 0.1) is 17.1 Å². The van der Waals surface area contributed by atoms with E-state index in [4.69, 9.17) is 4.74 Å². The number of rotatable bonds is 7. The zero-order chi connectivity index (χ0) is 18.4. The Hall–Kier alpha value is -1.09. The van der Waals surface area contributed by atoms with Gasteiger partial charge in [0.2, 0.25) is 10.0 Å². The Morgan fingerprint density at radius 1 is 1.32 bits per heavy atom. The molecule has 6 nitrogen and oxygen atoms in total. The van der Waals surface area contributed by atoms with Gasteiger partial charge in [-0.3, -0.25) is 4.79 Å². The highest BCUT2D eigenvalue weighted by molar-refractivity contribution is 7.98. The number of amides is 1. The van der Waals surface area contributed by atoms with Crippen molar-refractivity contribution in [3.8, 4) is 0 Å². The molecular formula is C17H26N2O4S2. The second-order valence-electron chi connectivity index (χ2n) is 6.19. The molecule has 1 aliphatic heterocycles. The van der Waals surface area contributed by atoms with Crippen LogP contribution in [0.25, 0.3) is 0 Å². The van der Waals surface area contributed by atoms with E-state index in [1.807, 2.05) is 11.2 Å². The number of sulfonamides is 1. The van der Waals surface area contributed by atoms with E-state index < -0.39 is 10.0 Å². The zero-order valence-corrected chi connectivity index (χ0v) is 16.6. The third-order valence-corrected chi connectivity index (χ3v) is 6.51. The maximum atomic E-state index is 12.9. The van der Waals surface area contributed by atoms with Crippen molar-refractivity contribution in [2.45, 2.75) is 42.0 Å². The van der Waals surface area contributed by atoms with E-state index in [1.54, 1.807) is 19.1 Å². The van der Waals surface area contributed by atoms with Crippen LogP contribution in [0.3, 0.4) is 0 Å². The summed E-state index contributed by atoms with van der Waals surface area (Å²) in [6.45, 7) is 3.47. The topological polar surface area (TPSA) is 75.7 Å². The second kappa shape index (κ2) is 9.02. The number of hydrogen-bond acceptors (Lipinski definition) is 5. The van der Waals surface area contributed by atoms with Crippen molar-refractivity contribution < 1.29 is 17.9 Å². The average Bonchev–Trinajstić information content (AvgIpc) is 2.61. The van der Waals surface area contributed by atoms with Crippen LogP contribution in [0.2, 0.25) is 0 Å². The molecule has 1 atom stereocenters. The molecule has 0 spiro atoms. The summed E-state index contributed by atoms with van der Waals surface area (Å²) in [7, 11) is -2.18. The molecule has 1 aromatic rings. The van der Waals surface area contributed by atoms with E-state index in [1.165, 1.54) is 24.9 Å². The fraction of sp³-hybridized carbons (Fsp3) is 0.588. The highest BCUT2D eigenvalue weighted by Crippen LogP contribution is 2.26. The Balaban J connectivity index is 2.31. The highest BCUT2D eigenvalue weighted by atomic mass is 32.2. The van der Waals surface area contributed by atoms with Crippen LogP contribution in [0.5, 0.6) is 0 Å². The lowest BCUT2D eigenvalue weighted by Crippen LogP contribution is -2.37. The number of benzene rings is 1. The lowest BCUT2D eigenvalue weighted by atomic mass is 10.1. The number of nitrogens with one attached hydrogen (secondary N) is 1. The first-order chi connectivity index (χ1) is 11.9. The van der Waals surface area contributed by atoms with Crippen LogP contribution in [-0.4, -0.2) is 58.3 Å². The minimum atomic E-state index is -3.70. The van der Waals surface area contributed by atoms with Crippen molar-refractivity contribution in [1.82, 2.24) is 9.62 Å². The highest BCUT2D eigenvalue weighted by Gasteiger charge is 2.24. The van der Waals surface area contributed by atoms with E-state index >= 15 is 0 Å². The summed E-state index contributed by atoms with van der Waals surface area (Å²) in [5.41, 5.74) is 0.455. The fourth-order valence-electron chi connectivity index (χ4n) is 2.91. The van der Waals surface area contributed by atoms with Crippen LogP contribution in [0.15, 0.2) is 28.0 Å². The van der Waals surface area contributed by atoms with E-state index in [9.17, 15) is 13.2 Å². The molecule has 1 amide bonds. The van der Waals surface area contributed by atoms with Gasteiger partial charge in [0.1, 0.15) is 0 Å². The predicted octanol–water partition coefficient (Wildman–Crippen LogP) is 2.35. The van der Waals surface area contributed by atoms with Crippen molar-refractivity contribution in [3.63, 3.8) is 0 Å². The first kappa shape index (κ1) is 20.2. The number of hydrogen-bond donors (Lipinski definition) is 1. The molecule has 0 aliphatic carbocycles. The van der Waals surface area contributed by atoms with Crippen LogP contribution < -0.4 is 4.72 Å². The van der Waals surface area contributed by atoms with Crippen molar-refractivity contribution in [1.29, 1.82) is 0 Å². The first-order valence-corrected chi connectivity index (χ1v) is 11.1. The average molecular weight is 387 g/mol. The Labute approximate surface area is 154 Å². The number of piperidine rings is 1. The molecule has 0 saturated carbocycles. The molecule has 0 aromatic heterocycles. The van der Waals surface area contributed by atoms with Gasteiger partial charge >= 0.3 is 0 Å². The number of nitrogens with zero attached hydrogens (tertiary/aromatic N) is 1. The predicted molar refractivity (Wildman–Crippen MR) is 99.6 cm³/mol. The van der Waals surface area contributed by atoms with Gasteiger partial charge in [-0.2, -0.15) is 0 Å². The Kier molecular flexibility index (Phi) is 7.30. The van der Waals surface area contributed by atoms with Crippen molar-refractivity contribution >= 4 is 27.7 Å². The van der Waals surface area contributed by atoms with Gasteiger partial charge in [-0.05, 0) is 50.6 Å². The minimum Gasteiger partial charge on any atom is -0.383 e. The molecular weight excluding hydrogens is 360 g/mol. The molecule has 1 aromatic carbocycles. The smallest absolute Gasteiger partial charge is 0.255 e. The van der Waals surface area contributed by atoms with Gasteiger partial charge < -0.3 is 9.64 Å². The normalized spacial score (nSPS) is 16.7. The van der Waals surface area contributed by atoms with Crippen LogP contribution in [0.1, 0.15) is 36.5 Å². The van der Waals surface area contributed by atoms with Gasteiger partial charge in [0.25, 0.3) is 5.91 Å². The van der Waals surface area contributed by atoms with Gasteiger partial charge in [0.15, 0.2) is 0 Å². The third-order valence-electron chi connectivity index (χ3n) is 4.13. The van der Waals surface area contributed by atoms with Crippen molar-refractivity contribution in [2.24, 2.45) is 0 Å². The number of carbonyl (C=O) groups excluding carboxylic acids is 1. The van der Waals surface area contributed by atoms with Crippen LogP contribution in [0, 0.1) is 0 Å². The molecule has 8 heteroatoms. The number of likely N-dealkylation sites (tertiary alicyclic amines) is 1. The van der Waals surface area contributed by atoms with E-state index in [0.717, 1.165) is 37.2 Å². The van der Waals surface area contributed by atoms with Crippen LogP contribution >= 0.6 is 11.8 Å². The summed E-state index contributed by atoms with van der Waals surface area (Å²) in [5, 5.41) is 0. The fourth-order valence-corrected chi connectivity index (χ4v) is 4.73. The number of carbonyl (C=O) groups is 1. The Morgan fingerprint density at radius 3 is 2.60 bits per heavy atom. The van der Waals surface area contributed by atoms with Gasteiger partial charge in [-0.1, -0.05) is 0 Å².